The Hall–Kier alpha value is -0.610. The molecule has 2 rings (SSSR count). The average molecular weight is 374 g/mol. The molecule has 0 amide bonds. The maximum Gasteiger partial charge on any atom is 0.416 e. The first kappa shape index (κ1) is 16.8. The number of halogens is 7. The molecule has 0 unspecified atom stereocenters. The molecule has 0 aliphatic carbocycles. The van der Waals surface area contributed by atoms with Crippen LogP contribution in [0.1, 0.15) is 11.1 Å². The number of hydrogen-bond acceptors (Lipinski definition) is 0. The van der Waals surface area contributed by atoms with Crippen molar-refractivity contribution in [3.8, 4) is 11.1 Å². The van der Waals surface area contributed by atoms with Crippen LogP contribution in [0.25, 0.3) is 11.1 Å². The molecule has 0 saturated heterocycles. The highest BCUT2D eigenvalue weighted by Gasteiger charge is 2.34. The van der Waals surface area contributed by atoms with Crippen molar-refractivity contribution in [2.45, 2.75) is 12.1 Å². The molecule has 0 aliphatic rings. The molecule has 21 heavy (non-hydrogen) atoms. The minimum Gasteiger partial charge on any atom is -0.166 e. The van der Waals surface area contributed by atoms with Crippen LogP contribution in [0.15, 0.2) is 30.3 Å². The fourth-order valence-corrected chi connectivity index (χ4v) is 2.99. The molecule has 0 aromatic heterocycles. The number of benzene rings is 2. The molecule has 2 aromatic carbocycles. The van der Waals surface area contributed by atoms with Gasteiger partial charge in [-0.1, -0.05) is 46.9 Å². The maximum absolute atomic E-state index is 13.0. The third kappa shape index (κ3) is 3.42. The van der Waals surface area contributed by atoms with Crippen molar-refractivity contribution in [2.75, 3.05) is 0 Å². The van der Waals surface area contributed by atoms with Crippen molar-refractivity contribution in [3.63, 3.8) is 0 Å². The lowest BCUT2D eigenvalue weighted by atomic mass is 9.96. The zero-order valence-electron chi connectivity index (χ0n) is 10.2. The molecule has 0 spiro atoms. The highest BCUT2D eigenvalue weighted by atomic mass is 35.5. The Morgan fingerprint density at radius 3 is 2.19 bits per heavy atom. The monoisotopic (exact) mass is 372 g/mol. The van der Waals surface area contributed by atoms with Crippen molar-refractivity contribution < 1.29 is 13.2 Å². The third-order valence-electron chi connectivity index (χ3n) is 2.90. The Morgan fingerprint density at radius 1 is 0.952 bits per heavy atom. The second-order valence-electron chi connectivity index (χ2n) is 4.21. The summed E-state index contributed by atoms with van der Waals surface area (Å²) in [5.74, 6) is -0.314. The van der Waals surface area contributed by atoms with Crippen molar-refractivity contribution in [2.24, 2.45) is 0 Å². The fraction of sp³-hybridized carbons (Fsp3) is 0.143. The van der Waals surface area contributed by atoms with Crippen LogP contribution in [0.2, 0.25) is 15.1 Å². The van der Waals surface area contributed by atoms with Gasteiger partial charge < -0.3 is 0 Å². The van der Waals surface area contributed by atoms with Crippen LogP contribution in [0.4, 0.5) is 13.2 Å². The molecule has 0 fully saturated rings. The SMILES string of the molecule is FC(F)(F)c1cccc(-c2cc(Cl)cc(Cl)c2Cl)c1CCl. The highest BCUT2D eigenvalue weighted by Crippen LogP contribution is 2.42. The standard InChI is InChI=1S/C14H7Cl4F3/c15-6-10-8(2-1-3-11(10)14(19,20)21)9-4-7(16)5-12(17)13(9)18/h1-5H,6H2. The van der Waals surface area contributed by atoms with Crippen LogP contribution in [0, 0.1) is 0 Å². The van der Waals surface area contributed by atoms with Crippen LogP contribution in [-0.2, 0) is 12.1 Å². The molecule has 0 atom stereocenters. The summed E-state index contributed by atoms with van der Waals surface area (Å²) in [5, 5.41) is 0.571. The van der Waals surface area contributed by atoms with Gasteiger partial charge in [0.25, 0.3) is 0 Å². The summed E-state index contributed by atoms with van der Waals surface area (Å²) in [4.78, 5) is 0. The first-order chi connectivity index (χ1) is 9.75. The van der Waals surface area contributed by atoms with E-state index in [1.807, 2.05) is 0 Å². The molecule has 0 aliphatic heterocycles. The van der Waals surface area contributed by atoms with Gasteiger partial charge in [-0.15, -0.1) is 11.6 Å². The van der Waals surface area contributed by atoms with E-state index in [0.29, 0.717) is 5.56 Å². The fourth-order valence-electron chi connectivity index (χ4n) is 2.00. The summed E-state index contributed by atoms with van der Waals surface area (Å²) in [6.07, 6.45) is -4.50. The molecule has 0 N–H and O–H groups in total. The van der Waals surface area contributed by atoms with Crippen molar-refractivity contribution in [1.82, 2.24) is 0 Å². The van der Waals surface area contributed by atoms with E-state index in [0.717, 1.165) is 6.07 Å². The minimum absolute atomic E-state index is 0.0631. The summed E-state index contributed by atoms with van der Waals surface area (Å²) in [7, 11) is 0. The van der Waals surface area contributed by atoms with Gasteiger partial charge in [0.05, 0.1) is 15.6 Å². The van der Waals surface area contributed by atoms with Gasteiger partial charge in [0, 0.05) is 16.5 Å². The van der Waals surface area contributed by atoms with Crippen molar-refractivity contribution >= 4 is 46.4 Å². The van der Waals surface area contributed by atoms with E-state index in [-0.39, 0.29) is 32.1 Å². The largest absolute Gasteiger partial charge is 0.416 e. The molecule has 7 heteroatoms. The first-order valence-corrected chi connectivity index (χ1v) is 7.32. The van der Waals surface area contributed by atoms with E-state index in [4.69, 9.17) is 46.4 Å². The lowest BCUT2D eigenvalue weighted by molar-refractivity contribution is -0.138. The molecule has 0 nitrogen and oxygen atoms in total. The van der Waals surface area contributed by atoms with Crippen LogP contribution in [-0.4, -0.2) is 0 Å². The molecular formula is C14H7Cl4F3. The third-order valence-corrected chi connectivity index (χ3v) is 4.19. The lowest BCUT2D eigenvalue weighted by Gasteiger charge is -2.16. The molecule has 0 radical (unpaired) electrons. The topological polar surface area (TPSA) is 0 Å². The molecule has 112 valence electrons. The summed E-state index contributed by atoms with van der Waals surface area (Å²) in [5.41, 5.74) is -0.292. The number of rotatable bonds is 2. The Kier molecular flexibility index (Phi) is 4.99. The zero-order valence-corrected chi connectivity index (χ0v) is 13.3. The number of hydrogen-bond donors (Lipinski definition) is 0. The Labute approximate surface area is 139 Å². The van der Waals surface area contributed by atoms with Gasteiger partial charge in [-0.2, -0.15) is 13.2 Å². The summed E-state index contributed by atoms with van der Waals surface area (Å²) in [6, 6.07) is 6.64. The maximum atomic E-state index is 13.0. The summed E-state index contributed by atoms with van der Waals surface area (Å²) in [6.45, 7) is 0. The predicted octanol–water partition coefficient (Wildman–Crippen LogP) is 7.07. The van der Waals surface area contributed by atoms with Gasteiger partial charge in [-0.05, 0) is 29.3 Å². The van der Waals surface area contributed by atoms with E-state index in [1.54, 1.807) is 0 Å². The lowest BCUT2D eigenvalue weighted by Crippen LogP contribution is -2.09. The van der Waals surface area contributed by atoms with Crippen molar-refractivity contribution in [3.05, 3.63) is 56.5 Å². The van der Waals surface area contributed by atoms with Gasteiger partial charge in [-0.25, -0.2) is 0 Å². The Balaban J connectivity index is 2.77. The van der Waals surface area contributed by atoms with Crippen LogP contribution < -0.4 is 0 Å². The molecule has 2 aromatic rings. The summed E-state index contributed by atoms with van der Waals surface area (Å²) >= 11 is 23.6. The highest BCUT2D eigenvalue weighted by molar-refractivity contribution is 6.45. The second kappa shape index (κ2) is 6.25. The first-order valence-electron chi connectivity index (χ1n) is 5.65. The van der Waals surface area contributed by atoms with Gasteiger partial charge in [0.2, 0.25) is 0 Å². The van der Waals surface area contributed by atoms with Crippen LogP contribution in [0.3, 0.4) is 0 Å². The molecular weight excluding hydrogens is 367 g/mol. The summed E-state index contributed by atoms with van der Waals surface area (Å²) < 4.78 is 39.1. The van der Waals surface area contributed by atoms with E-state index in [2.05, 4.69) is 0 Å². The van der Waals surface area contributed by atoms with E-state index < -0.39 is 11.7 Å². The van der Waals surface area contributed by atoms with Gasteiger partial charge in [-0.3, -0.25) is 0 Å². The quantitative estimate of drug-likeness (QED) is 0.390. The smallest absolute Gasteiger partial charge is 0.166 e. The van der Waals surface area contributed by atoms with Gasteiger partial charge >= 0.3 is 6.18 Å². The van der Waals surface area contributed by atoms with E-state index >= 15 is 0 Å². The van der Waals surface area contributed by atoms with E-state index in [1.165, 1.54) is 24.3 Å². The Morgan fingerprint density at radius 2 is 1.62 bits per heavy atom. The minimum atomic E-state index is -4.50. The van der Waals surface area contributed by atoms with Gasteiger partial charge in [0.15, 0.2) is 0 Å². The molecule has 0 heterocycles. The molecule has 0 bridgehead atoms. The van der Waals surface area contributed by atoms with E-state index in [9.17, 15) is 13.2 Å². The van der Waals surface area contributed by atoms with Crippen LogP contribution in [0.5, 0.6) is 0 Å². The molecule has 0 saturated carbocycles. The predicted molar refractivity (Wildman–Crippen MR) is 81.5 cm³/mol. The number of alkyl halides is 4. The van der Waals surface area contributed by atoms with Crippen molar-refractivity contribution in [1.29, 1.82) is 0 Å². The Bertz CT molecular complexity index is 681. The van der Waals surface area contributed by atoms with Gasteiger partial charge in [0.1, 0.15) is 0 Å². The average Bonchev–Trinajstić information content (AvgIpc) is 2.41. The van der Waals surface area contributed by atoms with Crippen LogP contribution >= 0.6 is 46.4 Å². The second-order valence-corrected chi connectivity index (χ2v) is 5.70. The normalized spacial score (nSPS) is 11.8. The zero-order chi connectivity index (χ0) is 15.8.